The van der Waals surface area contributed by atoms with Crippen molar-refractivity contribution in [3.63, 3.8) is 0 Å². The van der Waals surface area contributed by atoms with Gasteiger partial charge >= 0.3 is 5.97 Å². The topological polar surface area (TPSA) is 99.8 Å². The summed E-state index contributed by atoms with van der Waals surface area (Å²) >= 11 is 4.99. The number of carboxylic acid groups (broad SMARTS) is 1. The zero-order valence-electron chi connectivity index (χ0n) is 14.6. The summed E-state index contributed by atoms with van der Waals surface area (Å²) in [5, 5.41) is 11.6. The second-order valence-electron chi connectivity index (χ2n) is 5.90. The number of carbonyl (C=O) groups excluding carboxylic acids is 2. The highest BCUT2D eigenvalue weighted by Gasteiger charge is 2.32. The van der Waals surface area contributed by atoms with Crippen LogP contribution in [0.1, 0.15) is 28.6 Å². The molecular weight excluding hydrogens is 368 g/mol. The van der Waals surface area contributed by atoms with Crippen LogP contribution in [-0.4, -0.2) is 39.4 Å². The smallest absolute Gasteiger partial charge is 0.335 e. The number of nitrogens with zero attached hydrogens (tertiary/aromatic N) is 1. The maximum Gasteiger partial charge on any atom is 0.335 e. The lowest BCUT2D eigenvalue weighted by Crippen LogP contribution is -2.53. The van der Waals surface area contributed by atoms with Crippen LogP contribution in [-0.2, 0) is 9.59 Å². The molecule has 1 aliphatic heterocycles. The van der Waals surface area contributed by atoms with Gasteiger partial charge in [-0.25, -0.2) is 4.79 Å². The molecule has 3 rings (SSSR count). The zero-order chi connectivity index (χ0) is 19.7. The van der Waals surface area contributed by atoms with Crippen LogP contribution in [0.4, 0.5) is 0 Å². The number of benzene rings is 1. The molecule has 2 amide bonds. The molecule has 0 aliphatic carbocycles. The van der Waals surface area contributed by atoms with Crippen molar-refractivity contribution < 1.29 is 23.9 Å². The van der Waals surface area contributed by atoms with Crippen LogP contribution >= 0.6 is 12.2 Å². The van der Waals surface area contributed by atoms with E-state index in [9.17, 15) is 14.4 Å². The molecule has 1 aromatic heterocycles. The molecule has 2 N–H and O–H groups in total. The van der Waals surface area contributed by atoms with Gasteiger partial charge in [0.1, 0.15) is 17.1 Å². The predicted molar refractivity (Wildman–Crippen MR) is 102 cm³/mol. The number of carboxylic acids is 1. The van der Waals surface area contributed by atoms with E-state index in [0.29, 0.717) is 18.1 Å². The molecule has 2 aromatic rings. The Labute approximate surface area is 160 Å². The van der Waals surface area contributed by atoms with Crippen molar-refractivity contribution in [2.24, 2.45) is 0 Å². The van der Waals surface area contributed by atoms with E-state index in [1.165, 1.54) is 17.0 Å². The van der Waals surface area contributed by atoms with Gasteiger partial charge in [-0.3, -0.25) is 19.8 Å². The van der Waals surface area contributed by atoms with Crippen molar-refractivity contribution in [2.75, 3.05) is 6.54 Å². The fourth-order valence-electron chi connectivity index (χ4n) is 2.77. The SMILES string of the molecule is CCN1C(=O)/C(=C/c2ccc(-c3ccc(C(=O)O)cc3C)o2)C(=O)NC1=S. The Kier molecular flexibility index (Phi) is 4.91. The zero-order valence-corrected chi connectivity index (χ0v) is 15.4. The second kappa shape index (κ2) is 7.16. The Balaban J connectivity index is 1.93. The first-order valence-corrected chi connectivity index (χ1v) is 8.55. The van der Waals surface area contributed by atoms with Gasteiger partial charge < -0.3 is 9.52 Å². The maximum atomic E-state index is 12.4. The third kappa shape index (κ3) is 3.52. The first-order chi connectivity index (χ1) is 12.8. The lowest BCUT2D eigenvalue weighted by Gasteiger charge is -2.27. The highest BCUT2D eigenvalue weighted by Crippen LogP contribution is 2.27. The Morgan fingerprint density at radius 3 is 2.67 bits per heavy atom. The molecule has 1 aromatic carbocycles. The van der Waals surface area contributed by atoms with Crippen LogP contribution in [0.15, 0.2) is 40.3 Å². The Morgan fingerprint density at radius 1 is 1.30 bits per heavy atom. The Hall–Kier alpha value is -3.26. The largest absolute Gasteiger partial charge is 0.478 e. The van der Waals surface area contributed by atoms with E-state index in [1.54, 1.807) is 38.1 Å². The number of furan rings is 1. The van der Waals surface area contributed by atoms with Crippen LogP contribution in [0.3, 0.4) is 0 Å². The summed E-state index contributed by atoms with van der Waals surface area (Å²) < 4.78 is 5.74. The molecule has 1 aliphatic rings. The molecule has 2 heterocycles. The average Bonchev–Trinajstić information content (AvgIpc) is 3.07. The molecule has 7 nitrogen and oxygen atoms in total. The number of hydrogen-bond donors (Lipinski definition) is 2. The normalized spacial score (nSPS) is 16.0. The molecule has 0 bridgehead atoms. The number of aryl methyl sites for hydroxylation is 1. The Bertz CT molecular complexity index is 1010. The number of amides is 2. The lowest BCUT2D eigenvalue weighted by molar-refractivity contribution is -0.128. The third-order valence-electron chi connectivity index (χ3n) is 4.15. The number of nitrogens with one attached hydrogen (secondary N) is 1. The standard InChI is InChI=1S/C19H16N2O5S/c1-3-21-17(23)14(16(22)20-19(21)27)9-12-5-7-15(26-12)13-6-4-11(18(24)25)8-10(13)2/h4-9H,3H2,1-2H3,(H,24,25)(H,20,22,27)/b14-9+. The number of carbonyl (C=O) groups is 3. The highest BCUT2D eigenvalue weighted by atomic mass is 32.1. The summed E-state index contributed by atoms with van der Waals surface area (Å²) in [4.78, 5) is 36.9. The van der Waals surface area contributed by atoms with Gasteiger partial charge in [-0.15, -0.1) is 0 Å². The molecule has 1 fully saturated rings. The summed E-state index contributed by atoms with van der Waals surface area (Å²) in [6.45, 7) is 3.88. The third-order valence-corrected chi connectivity index (χ3v) is 4.48. The molecule has 0 unspecified atom stereocenters. The number of aromatic carboxylic acids is 1. The van der Waals surface area contributed by atoms with Gasteiger partial charge in [-0.05, 0) is 62.0 Å². The molecule has 0 atom stereocenters. The van der Waals surface area contributed by atoms with E-state index in [-0.39, 0.29) is 16.2 Å². The van der Waals surface area contributed by atoms with Gasteiger partial charge in [0, 0.05) is 12.1 Å². The van der Waals surface area contributed by atoms with E-state index in [2.05, 4.69) is 5.32 Å². The van der Waals surface area contributed by atoms with Gasteiger partial charge in [0.05, 0.1) is 5.56 Å². The van der Waals surface area contributed by atoms with Crippen LogP contribution in [0.25, 0.3) is 17.4 Å². The van der Waals surface area contributed by atoms with E-state index >= 15 is 0 Å². The van der Waals surface area contributed by atoms with Gasteiger partial charge in [-0.1, -0.05) is 6.07 Å². The number of likely N-dealkylation sites (N-methyl/N-ethyl adjacent to an activating group) is 1. The van der Waals surface area contributed by atoms with Gasteiger partial charge in [0.25, 0.3) is 11.8 Å². The van der Waals surface area contributed by atoms with Crippen molar-refractivity contribution in [1.82, 2.24) is 10.2 Å². The number of rotatable bonds is 4. The molecular formula is C19H16N2O5S. The average molecular weight is 384 g/mol. The van der Waals surface area contributed by atoms with E-state index in [4.69, 9.17) is 21.7 Å². The molecule has 8 heteroatoms. The molecule has 0 spiro atoms. The predicted octanol–water partition coefficient (Wildman–Crippen LogP) is 2.60. The Morgan fingerprint density at radius 2 is 2.04 bits per heavy atom. The number of thiocarbonyl (C=S) groups is 1. The summed E-state index contributed by atoms with van der Waals surface area (Å²) in [7, 11) is 0. The monoisotopic (exact) mass is 384 g/mol. The summed E-state index contributed by atoms with van der Waals surface area (Å²) in [6.07, 6.45) is 1.37. The highest BCUT2D eigenvalue weighted by molar-refractivity contribution is 7.80. The first kappa shape index (κ1) is 18.5. The van der Waals surface area contributed by atoms with Gasteiger partial charge in [-0.2, -0.15) is 0 Å². The van der Waals surface area contributed by atoms with Crippen molar-refractivity contribution in [3.05, 3.63) is 52.8 Å². The van der Waals surface area contributed by atoms with Crippen LogP contribution < -0.4 is 5.32 Å². The molecule has 0 radical (unpaired) electrons. The second-order valence-corrected chi connectivity index (χ2v) is 6.29. The minimum absolute atomic E-state index is 0.0655. The van der Waals surface area contributed by atoms with Gasteiger partial charge in [0.15, 0.2) is 5.11 Å². The van der Waals surface area contributed by atoms with Gasteiger partial charge in [0.2, 0.25) is 0 Å². The minimum Gasteiger partial charge on any atom is -0.478 e. The fourth-order valence-corrected chi connectivity index (χ4v) is 3.08. The summed E-state index contributed by atoms with van der Waals surface area (Å²) in [5.41, 5.74) is 1.58. The van der Waals surface area contributed by atoms with E-state index in [0.717, 1.165) is 11.1 Å². The van der Waals surface area contributed by atoms with Crippen molar-refractivity contribution in [1.29, 1.82) is 0 Å². The van der Waals surface area contributed by atoms with Crippen LogP contribution in [0, 0.1) is 6.92 Å². The van der Waals surface area contributed by atoms with Crippen LogP contribution in [0.2, 0.25) is 0 Å². The molecule has 1 saturated heterocycles. The maximum absolute atomic E-state index is 12.4. The fraction of sp³-hybridized carbons (Fsp3) is 0.158. The summed E-state index contributed by atoms with van der Waals surface area (Å²) in [5.74, 6) is -1.23. The van der Waals surface area contributed by atoms with Crippen molar-refractivity contribution in [3.8, 4) is 11.3 Å². The summed E-state index contributed by atoms with van der Waals surface area (Å²) in [6, 6.07) is 8.03. The van der Waals surface area contributed by atoms with Crippen molar-refractivity contribution in [2.45, 2.75) is 13.8 Å². The first-order valence-electron chi connectivity index (χ1n) is 8.14. The number of hydrogen-bond acceptors (Lipinski definition) is 5. The molecule has 27 heavy (non-hydrogen) atoms. The van der Waals surface area contributed by atoms with Crippen LogP contribution in [0.5, 0.6) is 0 Å². The quantitative estimate of drug-likeness (QED) is 0.478. The molecule has 0 saturated carbocycles. The lowest BCUT2D eigenvalue weighted by atomic mass is 10.0. The van der Waals surface area contributed by atoms with E-state index < -0.39 is 17.8 Å². The minimum atomic E-state index is -1.00. The van der Waals surface area contributed by atoms with Crippen molar-refractivity contribution >= 4 is 41.2 Å². The van der Waals surface area contributed by atoms with E-state index in [1.807, 2.05) is 0 Å². The molecule has 138 valence electrons.